The van der Waals surface area contributed by atoms with Crippen LogP contribution in [0, 0.1) is 6.92 Å². The van der Waals surface area contributed by atoms with Crippen molar-refractivity contribution >= 4 is 17.5 Å². The van der Waals surface area contributed by atoms with Gasteiger partial charge in [0.2, 0.25) is 5.91 Å². The summed E-state index contributed by atoms with van der Waals surface area (Å²) in [5.74, 6) is 1.97. The average Bonchev–Trinajstić information content (AvgIpc) is 3.49. The number of aromatic nitrogens is 6. The number of fused-ring (bicyclic) bond motifs is 1. The van der Waals surface area contributed by atoms with Crippen LogP contribution < -0.4 is 10.2 Å². The van der Waals surface area contributed by atoms with Gasteiger partial charge in [-0.05, 0) is 31.9 Å². The summed E-state index contributed by atoms with van der Waals surface area (Å²) < 4.78 is 0. The van der Waals surface area contributed by atoms with Crippen molar-refractivity contribution in [3.05, 3.63) is 30.4 Å². The van der Waals surface area contributed by atoms with Crippen molar-refractivity contribution in [1.29, 1.82) is 0 Å². The van der Waals surface area contributed by atoms with Crippen molar-refractivity contribution in [3.63, 3.8) is 0 Å². The Hall–Kier alpha value is -3.40. The topological polar surface area (TPSA) is 133 Å². The second-order valence-corrected chi connectivity index (χ2v) is 7.15. The van der Waals surface area contributed by atoms with Gasteiger partial charge in [0.1, 0.15) is 12.0 Å². The van der Waals surface area contributed by atoms with E-state index in [2.05, 4.69) is 30.5 Å². The molecule has 0 radical (unpaired) electrons. The largest absolute Gasteiger partial charge is 0.400 e. The van der Waals surface area contributed by atoms with E-state index in [1.807, 2.05) is 24.0 Å². The fourth-order valence-corrected chi connectivity index (χ4v) is 4.00. The molecule has 158 valence electrons. The first-order chi connectivity index (χ1) is 14.7. The van der Waals surface area contributed by atoms with Crippen LogP contribution in [0.4, 0.5) is 11.6 Å². The summed E-state index contributed by atoms with van der Waals surface area (Å²) in [4.78, 5) is 32.6. The highest BCUT2D eigenvalue weighted by atomic mass is 16.2. The fraction of sp³-hybridized carbons (Fsp3) is 0.400. The molecule has 1 amide bonds. The minimum Gasteiger partial charge on any atom is -0.400 e. The van der Waals surface area contributed by atoms with Gasteiger partial charge in [-0.1, -0.05) is 12.8 Å². The number of H-pyrrole nitrogens is 1. The second-order valence-electron chi connectivity index (χ2n) is 7.15. The van der Waals surface area contributed by atoms with Gasteiger partial charge in [0, 0.05) is 25.8 Å². The first-order valence-corrected chi connectivity index (χ1v) is 9.92. The normalized spacial score (nSPS) is 16.0. The molecule has 1 aliphatic heterocycles. The molecule has 5 rings (SSSR count). The Morgan fingerprint density at radius 1 is 1.13 bits per heavy atom. The number of rotatable bonds is 3. The zero-order valence-electron chi connectivity index (χ0n) is 17.0. The number of aliphatic hydroxyl groups is 1. The minimum absolute atomic E-state index is 0. The van der Waals surface area contributed by atoms with Crippen LogP contribution >= 0.6 is 0 Å². The number of anilines is 2. The number of hydrogen-bond donors (Lipinski definition) is 3. The maximum absolute atomic E-state index is 12.6. The molecule has 10 heteroatoms. The van der Waals surface area contributed by atoms with Gasteiger partial charge in [-0.15, -0.1) is 0 Å². The van der Waals surface area contributed by atoms with E-state index in [-0.39, 0.29) is 19.9 Å². The molecule has 3 N–H and O–H groups in total. The van der Waals surface area contributed by atoms with E-state index in [9.17, 15) is 4.79 Å². The number of carbonyl (C=O) groups is 1. The van der Waals surface area contributed by atoms with E-state index in [0.29, 0.717) is 28.8 Å². The summed E-state index contributed by atoms with van der Waals surface area (Å²) in [6.45, 7) is 2.19. The molecule has 2 aliphatic rings. The summed E-state index contributed by atoms with van der Waals surface area (Å²) >= 11 is 0. The molecular weight excluding hydrogens is 384 g/mol. The molecule has 10 nitrogen and oxygen atoms in total. The maximum atomic E-state index is 12.6. The number of carbonyl (C=O) groups excluding carboxylic acids is 1. The van der Waals surface area contributed by atoms with E-state index >= 15 is 0 Å². The Balaban J connectivity index is 0.000000883. The van der Waals surface area contributed by atoms with Crippen molar-refractivity contribution < 1.29 is 11.3 Å². The number of nitrogens with one attached hydrogen (secondary N) is 2. The smallest absolute Gasteiger partial charge is 0.247 e. The van der Waals surface area contributed by atoms with E-state index in [1.54, 1.807) is 6.20 Å². The quantitative estimate of drug-likeness (QED) is 0.598. The van der Waals surface area contributed by atoms with Crippen LogP contribution in [0.25, 0.3) is 22.8 Å². The van der Waals surface area contributed by atoms with Gasteiger partial charge in [-0.3, -0.25) is 14.8 Å². The molecule has 0 aromatic carbocycles. The standard InChI is InChI=1S/C19H20N8O.CH4O.H2/c1-11-13(6-7-14(24-11)17-22-10-23-26-17)15-8-20-18-19(25-15)27(16(28)9-21-18)12-4-2-3-5-12;1-2;/h6-8,10,12H,2-5,9H2,1H3,(H,20,21)(H,22,23,26);2H,1H3;1H. The zero-order valence-corrected chi connectivity index (χ0v) is 17.0. The average molecular weight is 410 g/mol. The Kier molecular flexibility index (Phi) is 5.66. The van der Waals surface area contributed by atoms with Crippen LogP contribution in [-0.2, 0) is 4.79 Å². The van der Waals surface area contributed by atoms with Crippen LogP contribution in [0.3, 0.4) is 0 Å². The third-order valence-electron chi connectivity index (χ3n) is 5.37. The molecule has 30 heavy (non-hydrogen) atoms. The lowest BCUT2D eigenvalue weighted by Gasteiger charge is -2.33. The van der Waals surface area contributed by atoms with Crippen LogP contribution in [0.1, 0.15) is 32.8 Å². The third kappa shape index (κ3) is 3.61. The highest BCUT2D eigenvalue weighted by Gasteiger charge is 2.34. The van der Waals surface area contributed by atoms with Gasteiger partial charge in [-0.25, -0.2) is 19.9 Å². The number of aliphatic hydroxyl groups excluding tert-OH is 1. The van der Waals surface area contributed by atoms with Gasteiger partial charge in [0.05, 0.1) is 18.4 Å². The minimum atomic E-state index is 0. The molecule has 1 aliphatic carbocycles. The van der Waals surface area contributed by atoms with E-state index in [0.717, 1.165) is 44.1 Å². The lowest BCUT2D eigenvalue weighted by Crippen LogP contribution is -2.46. The molecule has 1 fully saturated rings. The van der Waals surface area contributed by atoms with Crippen molar-refractivity contribution in [2.75, 3.05) is 23.9 Å². The van der Waals surface area contributed by atoms with Crippen LogP contribution in [-0.4, -0.2) is 60.8 Å². The van der Waals surface area contributed by atoms with Crippen LogP contribution in [0.2, 0.25) is 0 Å². The molecule has 4 heterocycles. The molecule has 0 saturated heterocycles. The van der Waals surface area contributed by atoms with Crippen molar-refractivity contribution in [2.45, 2.75) is 38.6 Å². The van der Waals surface area contributed by atoms with Crippen molar-refractivity contribution in [3.8, 4) is 22.8 Å². The molecule has 0 bridgehead atoms. The number of aryl methyl sites for hydroxylation is 1. The molecule has 0 spiro atoms. The molecule has 0 unspecified atom stereocenters. The van der Waals surface area contributed by atoms with Gasteiger partial charge < -0.3 is 10.4 Å². The van der Waals surface area contributed by atoms with Crippen molar-refractivity contribution in [2.24, 2.45) is 0 Å². The van der Waals surface area contributed by atoms with Crippen LogP contribution in [0.15, 0.2) is 24.7 Å². The first kappa shape index (κ1) is 19.9. The number of amides is 1. The predicted octanol–water partition coefficient (Wildman–Crippen LogP) is 2.19. The predicted molar refractivity (Wildman–Crippen MR) is 114 cm³/mol. The Labute approximate surface area is 175 Å². The Morgan fingerprint density at radius 3 is 2.63 bits per heavy atom. The summed E-state index contributed by atoms with van der Waals surface area (Å²) in [5, 5.41) is 16.8. The van der Waals surface area contributed by atoms with E-state index in [1.165, 1.54) is 6.33 Å². The second kappa shape index (κ2) is 8.54. The zero-order chi connectivity index (χ0) is 21.1. The lowest BCUT2D eigenvalue weighted by atomic mass is 10.1. The Morgan fingerprint density at radius 2 is 1.93 bits per heavy atom. The molecular formula is C20H26N8O2. The number of aromatic amines is 1. The molecule has 1 saturated carbocycles. The van der Waals surface area contributed by atoms with Gasteiger partial charge in [0.25, 0.3) is 0 Å². The van der Waals surface area contributed by atoms with Crippen molar-refractivity contribution in [1.82, 2.24) is 30.1 Å². The number of pyridine rings is 1. The number of hydrogen-bond acceptors (Lipinski definition) is 8. The van der Waals surface area contributed by atoms with Gasteiger partial charge in [-0.2, -0.15) is 5.10 Å². The summed E-state index contributed by atoms with van der Waals surface area (Å²) in [5.41, 5.74) is 3.11. The summed E-state index contributed by atoms with van der Waals surface area (Å²) in [6.07, 6.45) is 7.52. The molecule has 0 atom stereocenters. The highest BCUT2D eigenvalue weighted by Crippen LogP contribution is 2.35. The van der Waals surface area contributed by atoms with Gasteiger partial charge in [0.15, 0.2) is 17.5 Å². The summed E-state index contributed by atoms with van der Waals surface area (Å²) in [7, 11) is 1.00. The third-order valence-corrected chi connectivity index (χ3v) is 5.37. The monoisotopic (exact) mass is 410 g/mol. The Bertz CT molecular complexity index is 1040. The van der Waals surface area contributed by atoms with E-state index < -0.39 is 0 Å². The van der Waals surface area contributed by atoms with Crippen LogP contribution in [0.5, 0.6) is 0 Å². The van der Waals surface area contributed by atoms with Gasteiger partial charge >= 0.3 is 0 Å². The molecule has 3 aromatic rings. The maximum Gasteiger partial charge on any atom is 0.247 e. The SMILES string of the molecule is CO.Cc1nc(-c2ncn[nH]2)ccc1-c1cnc2c(n1)N(C1CCCC1)C(=O)CN2.[HH]. The lowest BCUT2D eigenvalue weighted by molar-refractivity contribution is -0.117. The highest BCUT2D eigenvalue weighted by molar-refractivity contribution is 6.01. The van der Waals surface area contributed by atoms with E-state index in [4.69, 9.17) is 10.1 Å². The first-order valence-electron chi connectivity index (χ1n) is 9.92. The number of nitrogens with zero attached hydrogens (tertiary/aromatic N) is 6. The summed E-state index contributed by atoms with van der Waals surface area (Å²) in [6, 6.07) is 4.04. The fourth-order valence-electron chi connectivity index (χ4n) is 4.00. The molecule has 3 aromatic heterocycles.